The van der Waals surface area contributed by atoms with Crippen molar-refractivity contribution in [1.82, 2.24) is 0 Å². The van der Waals surface area contributed by atoms with Crippen molar-refractivity contribution in [2.45, 2.75) is 48.0 Å². The first-order valence-corrected chi connectivity index (χ1v) is 6.73. The maximum absolute atomic E-state index is 3.83. The summed E-state index contributed by atoms with van der Waals surface area (Å²) in [6, 6.07) is 0. The molecule has 102 valence electrons. The largest absolute Gasteiger partial charge is 0.0991 e. The van der Waals surface area contributed by atoms with Crippen LogP contribution in [0.15, 0.2) is 49.1 Å². The van der Waals surface area contributed by atoms with Gasteiger partial charge in [-0.05, 0) is 28.7 Å². The molecule has 0 heteroatoms. The molecule has 0 aromatic heterocycles. The molecule has 0 aliphatic heterocycles. The molecule has 0 spiro atoms. The summed E-state index contributed by atoms with van der Waals surface area (Å²) < 4.78 is 0. The van der Waals surface area contributed by atoms with Crippen molar-refractivity contribution in [3.8, 4) is 0 Å². The summed E-state index contributed by atoms with van der Waals surface area (Å²) in [4.78, 5) is 0. The van der Waals surface area contributed by atoms with Crippen LogP contribution in [0.4, 0.5) is 0 Å². The molecule has 1 atom stereocenters. The standard InChI is InChI=1S/C18H30/c1-9-11-13-15(12-10-2)16(18(6,7)8)14-17(3,4)5/h9-13,16H,1-2,14H2,3-8H3/b13-11-,15-12+. The number of rotatable bonds is 5. The van der Waals surface area contributed by atoms with E-state index < -0.39 is 0 Å². The fourth-order valence-corrected chi connectivity index (χ4v) is 2.14. The number of allylic oxidation sites excluding steroid dienone is 6. The highest BCUT2D eigenvalue weighted by atomic mass is 14.3. The molecule has 0 aliphatic carbocycles. The lowest BCUT2D eigenvalue weighted by atomic mass is 9.68. The molecule has 0 rings (SSSR count). The Bertz CT molecular complexity index is 326. The molecule has 18 heavy (non-hydrogen) atoms. The van der Waals surface area contributed by atoms with E-state index in [9.17, 15) is 0 Å². The molecule has 0 saturated carbocycles. The third-order valence-corrected chi connectivity index (χ3v) is 3.00. The van der Waals surface area contributed by atoms with Gasteiger partial charge in [0.15, 0.2) is 0 Å². The zero-order valence-corrected chi connectivity index (χ0v) is 13.1. The van der Waals surface area contributed by atoms with Crippen LogP contribution in [0.1, 0.15) is 48.0 Å². The van der Waals surface area contributed by atoms with Crippen molar-refractivity contribution in [2.75, 3.05) is 0 Å². The SMILES string of the molecule is C=C/C=C\C(=C/C=C)C(CC(C)(C)C)C(C)(C)C. The summed E-state index contributed by atoms with van der Waals surface area (Å²) in [5.74, 6) is 0.520. The second kappa shape index (κ2) is 6.78. The van der Waals surface area contributed by atoms with E-state index in [4.69, 9.17) is 0 Å². The molecule has 0 heterocycles. The molecular weight excluding hydrogens is 216 g/mol. The third-order valence-electron chi connectivity index (χ3n) is 3.00. The summed E-state index contributed by atoms with van der Waals surface area (Å²) in [5.41, 5.74) is 1.90. The first-order chi connectivity index (χ1) is 8.11. The van der Waals surface area contributed by atoms with Crippen molar-refractivity contribution in [3.63, 3.8) is 0 Å². The summed E-state index contributed by atoms with van der Waals surface area (Å²) in [6.45, 7) is 21.4. The molecule has 0 nitrogen and oxygen atoms in total. The van der Waals surface area contributed by atoms with Gasteiger partial charge >= 0.3 is 0 Å². The molecule has 0 N–H and O–H groups in total. The van der Waals surface area contributed by atoms with E-state index in [1.54, 1.807) is 0 Å². The Kier molecular flexibility index (Phi) is 6.38. The monoisotopic (exact) mass is 246 g/mol. The summed E-state index contributed by atoms with van der Waals surface area (Å²) in [7, 11) is 0. The van der Waals surface area contributed by atoms with Gasteiger partial charge in [0.25, 0.3) is 0 Å². The van der Waals surface area contributed by atoms with Crippen LogP contribution in [0.25, 0.3) is 0 Å². The zero-order valence-electron chi connectivity index (χ0n) is 13.1. The van der Waals surface area contributed by atoms with Gasteiger partial charge in [-0.3, -0.25) is 0 Å². The molecule has 0 amide bonds. The van der Waals surface area contributed by atoms with E-state index in [1.807, 2.05) is 18.2 Å². The van der Waals surface area contributed by atoms with Gasteiger partial charge in [-0.2, -0.15) is 0 Å². The third kappa shape index (κ3) is 6.64. The normalized spacial score (nSPS) is 15.8. The van der Waals surface area contributed by atoms with Crippen molar-refractivity contribution < 1.29 is 0 Å². The minimum absolute atomic E-state index is 0.244. The van der Waals surface area contributed by atoms with Crippen molar-refractivity contribution >= 4 is 0 Å². The highest BCUT2D eigenvalue weighted by Gasteiger charge is 2.30. The Morgan fingerprint density at radius 1 is 1.00 bits per heavy atom. The van der Waals surface area contributed by atoms with E-state index in [1.165, 1.54) is 5.57 Å². The topological polar surface area (TPSA) is 0 Å². The summed E-state index contributed by atoms with van der Waals surface area (Å²) >= 11 is 0. The Morgan fingerprint density at radius 3 is 1.89 bits per heavy atom. The lowest BCUT2D eigenvalue weighted by Crippen LogP contribution is -2.26. The fraction of sp³-hybridized carbons (Fsp3) is 0.556. The van der Waals surface area contributed by atoms with Crippen LogP contribution < -0.4 is 0 Å². The predicted molar refractivity (Wildman–Crippen MR) is 84.6 cm³/mol. The maximum atomic E-state index is 3.83. The van der Waals surface area contributed by atoms with Crippen LogP contribution in [0, 0.1) is 16.7 Å². The number of hydrogen-bond donors (Lipinski definition) is 0. The van der Waals surface area contributed by atoms with E-state index in [0.29, 0.717) is 11.3 Å². The zero-order chi connectivity index (χ0) is 14.4. The molecular formula is C18H30. The quantitative estimate of drug-likeness (QED) is 0.527. The van der Waals surface area contributed by atoms with Crippen LogP contribution in [-0.2, 0) is 0 Å². The smallest absolute Gasteiger partial charge is 0.0108 e. The minimum atomic E-state index is 0.244. The molecule has 0 bridgehead atoms. The maximum Gasteiger partial charge on any atom is -0.0108 e. The average molecular weight is 246 g/mol. The van der Waals surface area contributed by atoms with E-state index in [-0.39, 0.29) is 5.41 Å². The van der Waals surface area contributed by atoms with Crippen LogP contribution in [0.5, 0.6) is 0 Å². The van der Waals surface area contributed by atoms with Gasteiger partial charge in [-0.25, -0.2) is 0 Å². The molecule has 0 saturated heterocycles. The lowest BCUT2D eigenvalue weighted by Gasteiger charge is -2.36. The highest BCUT2D eigenvalue weighted by Crippen LogP contribution is 2.40. The minimum Gasteiger partial charge on any atom is -0.0991 e. The summed E-state index contributed by atoms with van der Waals surface area (Å²) in [5, 5.41) is 0. The van der Waals surface area contributed by atoms with Gasteiger partial charge in [-0.15, -0.1) is 0 Å². The first kappa shape index (κ1) is 17.0. The van der Waals surface area contributed by atoms with Crippen LogP contribution in [-0.4, -0.2) is 0 Å². The second-order valence-electron chi connectivity index (χ2n) is 7.18. The average Bonchev–Trinajstić information content (AvgIpc) is 2.18. The fourth-order valence-electron chi connectivity index (χ4n) is 2.14. The van der Waals surface area contributed by atoms with Gasteiger partial charge in [0.05, 0.1) is 0 Å². The molecule has 0 fully saturated rings. The van der Waals surface area contributed by atoms with Gasteiger partial charge in [0.1, 0.15) is 0 Å². The molecule has 1 unspecified atom stereocenters. The van der Waals surface area contributed by atoms with E-state index in [2.05, 4.69) is 66.9 Å². The Hall–Kier alpha value is -1.04. The van der Waals surface area contributed by atoms with Gasteiger partial charge in [0.2, 0.25) is 0 Å². The Labute approximate surface area is 114 Å². The van der Waals surface area contributed by atoms with Crippen LogP contribution >= 0.6 is 0 Å². The van der Waals surface area contributed by atoms with Crippen molar-refractivity contribution in [2.24, 2.45) is 16.7 Å². The van der Waals surface area contributed by atoms with Gasteiger partial charge in [-0.1, -0.05) is 85.1 Å². The lowest BCUT2D eigenvalue weighted by molar-refractivity contribution is 0.199. The van der Waals surface area contributed by atoms with E-state index >= 15 is 0 Å². The Morgan fingerprint density at radius 2 is 1.56 bits per heavy atom. The predicted octanol–water partition coefficient (Wildman–Crippen LogP) is 5.94. The second-order valence-corrected chi connectivity index (χ2v) is 7.18. The van der Waals surface area contributed by atoms with Crippen LogP contribution in [0.3, 0.4) is 0 Å². The van der Waals surface area contributed by atoms with Gasteiger partial charge < -0.3 is 0 Å². The molecule has 0 aliphatic rings. The van der Waals surface area contributed by atoms with E-state index in [0.717, 1.165) is 6.42 Å². The first-order valence-electron chi connectivity index (χ1n) is 6.73. The molecule has 0 aromatic carbocycles. The van der Waals surface area contributed by atoms with Crippen LogP contribution in [0.2, 0.25) is 0 Å². The highest BCUT2D eigenvalue weighted by molar-refractivity contribution is 5.29. The number of hydrogen-bond acceptors (Lipinski definition) is 0. The van der Waals surface area contributed by atoms with Crippen molar-refractivity contribution in [3.05, 3.63) is 49.1 Å². The van der Waals surface area contributed by atoms with Gasteiger partial charge in [0, 0.05) is 0 Å². The summed E-state index contributed by atoms with van der Waals surface area (Å²) in [6.07, 6.45) is 11.2. The van der Waals surface area contributed by atoms with Crippen molar-refractivity contribution in [1.29, 1.82) is 0 Å². The molecule has 0 radical (unpaired) electrons. The molecule has 0 aromatic rings. The Balaban J connectivity index is 5.38.